The average Bonchev–Trinajstić information content (AvgIpc) is 1.89. The Morgan fingerprint density at radius 2 is 2.22 bits per heavy atom. The van der Waals surface area contributed by atoms with Gasteiger partial charge in [-0.05, 0) is 19.8 Å². The summed E-state index contributed by atoms with van der Waals surface area (Å²) in [6.45, 7) is 4.33. The summed E-state index contributed by atoms with van der Waals surface area (Å²) >= 11 is 0. The molecule has 0 amide bonds. The Bertz CT molecular complexity index is 40.2. The second-order valence-electron chi connectivity index (χ2n) is 1.73. The highest BCUT2D eigenvalue weighted by Gasteiger charge is 1.85. The van der Waals surface area contributed by atoms with Crippen molar-refractivity contribution in [3.63, 3.8) is 0 Å². The fourth-order valence-corrected chi connectivity index (χ4v) is 0.486. The molecule has 0 aromatic heterocycles. The molecule has 0 fully saturated rings. The molecule has 0 spiro atoms. The van der Waals surface area contributed by atoms with Gasteiger partial charge in [0.05, 0.1) is 0 Å². The Balaban J connectivity index is 2.60. The van der Waals surface area contributed by atoms with E-state index in [4.69, 9.17) is 9.47 Å². The topological polar surface area (TPSA) is 18.5 Å². The molecule has 0 aliphatic rings. The SMILES string of the molecule is CCOC[CH]CCOC. The Morgan fingerprint density at radius 1 is 1.44 bits per heavy atom. The van der Waals surface area contributed by atoms with Crippen molar-refractivity contribution in [2.45, 2.75) is 13.3 Å². The summed E-state index contributed by atoms with van der Waals surface area (Å²) in [5, 5.41) is 0. The van der Waals surface area contributed by atoms with Crippen molar-refractivity contribution < 1.29 is 9.47 Å². The molecule has 0 N–H and O–H groups in total. The van der Waals surface area contributed by atoms with E-state index in [-0.39, 0.29) is 0 Å². The molecule has 2 heteroatoms. The highest BCUT2D eigenvalue weighted by molar-refractivity contribution is 4.61. The summed E-state index contributed by atoms with van der Waals surface area (Å²) in [6.07, 6.45) is 3.06. The Kier molecular flexibility index (Phi) is 7.85. The normalized spacial score (nSPS) is 10.0. The molecular formula is C7H15O2. The van der Waals surface area contributed by atoms with Gasteiger partial charge in [-0.2, -0.15) is 0 Å². The van der Waals surface area contributed by atoms with Gasteiger partial charge in [0.2, 0.25) is 0 Å². The van der Waals surface area contributed by atoms with Gasteiger partial charge in [-0.25, -0.2) is 0 Å². The van der Waals surface area contributed by atoms with Crippen LogP contribution in [-0.4, -0.2) is 26.9 Å². The maximum absolute atomic E-state index is 5.07. The lowest BCUT2D eigenvalue weighted by Gasteiger charge is -1.98. The minimum Gasteiger partial charge on any atom is -0.385 e. The standard InChI is InChI=1S/C7H15O2/c1-3-9-7-5-4-6-8-2/h5H,3-4,6-7H2,1-2H3. The molecule has 0 saturated heterocycles. The predicted molar refractivity (Wildman–Crippen MR) is 37.3 cm³/mol. The van der Waals surface area contributed by atoms with Gasteiger partial charge in [0.1, 0.15) is 0 Å². The van der Waals surface area contributed by atoms with Crippen LogP contribution < -0.4 is 0 Å². The molecule has 0 rings (SSSR count). The first kappa shape index (κ1) is 8.92. The van der Waals surface area contributed by atoms with E-state index in [0.717, 1.165) is 26.2 Å². The Hall–Kier alpha value is -0.0800. The van der Waals surface area contributed by atoms with Crippen LogP contribution in [0, 0.1) is 6.42 Å². The quantitative estimate of drug-likeness (QED) is 0.505. The van der Waals surface area contributed by atoms with E-state index in [1.807, 2.05) is 6.92 Å². The van der Waals surface area contributed by atoms with Crippen LogP contribution in [-0.2, 0) is 9.47 Å². The predicted octanol–water partition coefficient (Wildman–Crippen LogP) is 1.26. The maximum atomic E-state index is 5.07. The van der Waals surface area contributed by atoms with Crippen molar-refractivity contribution in [1.82, 2.24) is 0 Å². The lowest BCUT2D eigenvalue weighted by Crippen LogP contribution is -1.96. The largest absolute Gasteiger partial charge is 0.385 e. The Labute approximate surface area is 57.2 Å². The third-order valence-electron chi connectivity index (χ3n) is 0.966. The minimum absolute atomic E-state index is 0.750. The third-order valence-corrected chi connectivity index (χ3v) is 0.966. The number of methoxy groups -OCH3 is 1. The first-order valence-corrected chi connectivity index (χ1v) is 3.30. The second kappa shape index (κ2) is 7.92. The molecule has 0 aliphatic heterocycles. The highest BCUT2D eigenvalue weighted by Crippen LogP contribution is 1.87. The van der Waals surface area contributed by atoms with E-state index in [2.05, 4.69) is 6.42 Å². The van der Waals surface area contributed by atoms with Gasteiger partial charge in [0, 0.05) is 26.9 Å². The molecule has 9 heavy (non-hydrogen) atoms. The van der Waals surface area contributed by atoms with Crippen LogP contribution in [0.4, 0.5) is 0 Å². The Morgan fingerprint density at radius 3 is 2.78 bits per heavy atom. The van der Waals surface area contributed by atoms with E-state index in [0.29, 0.717) is 0 Å². The third kappa shape index (κ3) is 7.92. The molecule has 0 atom stereocenters. The van der Waals surface area contributed by atoms with Crippen molar-refractivity contribution in [2.75, 3.05) is 26.9 Å². The van der Waals surface area contributed by atoms with E-state index < -0.39 is 0 Å². The molecule has 0 saturated carbocycles. The zero-order valence-electron chi connectivity index (χ0n) is 6.22. The summed E-state index contributed by atoms with van der Waals surface area (Å²) in [5.74, 6) is 0. The molecule has 0 unspecified atom stereocenters. The maximum Gasteiger partial charge on any atom is 0.0498 e. The summed E-state index contributed by atoms with van der Waals surface area (Å²) in [7, 11) is 1.70. The van der Waals surface area contributed by atoms with Crippen molar-refractivity contribution in [1.29, 1.82) is 0 Å². The molecule has 0 bridgehead atoms. The highest BCUT2D eigenvalue weighted by atomic mass is 16.5. The van der Waals surface area contributed by atoms with Crippen LogP contribution >= 0.6 is 0 Å². The molecule has 1 radical (unpaired) electrons. The molecule has 0 aliphatic carbocycles. The van der Waals surface area contributed by atoms with Crippen molar-refractivity contribution >= 4 is 0 Å². The summed E-state index contributed by atoms with van der Waals surface area (Å²) in [6, 6.07) is 0. The zero-order valence-corrected chi connectivity index (χ0v) is 6.22. The van der Waals surface area contributed by atoms with Gasteiger partial charge in [-0.1, -0.05) is 0 Å². The van der Waals surface area contributed by atoms with Crippen LogP contribution in [0.2, 0.25) is 0 Å². The monoisotopic (exact) mass is 131 g/mol. The first-order chi connectivity index (χ1) is 4.41. The summed E-state index contributed by atoms with van der Waals surface area (Å²) < 4.78 is 9.90. The zero-order chi connectivity index (χ0) is 6.95. The molecule has 55 valence electrons. The van der Waals surface area contributed by atoms with Crippen LogP contribution in [0.1, 0.15) is 13.3 Å². The van der Waals surface area contributed by atoms with Crippen LogP contribution in [0.15, 0.2) is 0 Å². The summed E-state index contributed by atoms with van der Waals surface area (Å²) in [4.78, 5) is 0. The fourth-order valence-electron chi connectivity index (χ4n) is 0.486. The molecule has 0 aromatic carbocycles. The van der Waals surface area contributed by atoms with Gasteiger partial charge in [0.25, 0.3) is 0 Å². The number of hydrogen-bond donors (Lipinski definition) is 0. The van der Waals surface area contributed by atoms with E-state index in [1.165, 1.54) is 0 Å². The molecule has 0 aromatic rings. The van der Waals surface area contributed by atoms with Crippen LogP contribution in [0.5, 0.6) is 0 Å². The minimum atomic E-state index is 0.750. The first-order valence-electron chi connectivity index (χ1n) is 3.30. The second-order valence-corrected chi connectivity index (χ2v) is 1.73. The fraction of sp³-hybridized carbons (Fsp3) is 0.857. The van der Waals surface area contributed by atoms with E-state index in [1.54, 1.807) is 7.11 Å². The van der Waals surface area contributed by atoms with Crippen molar-refractivity contribution in [3.05, 3.63) is 6.42 Å². The molecule has 0 heterocycles. The van der Waals surface area contributed by atoms with Gasteiger partial charge in [-0.3, -0.25) is 0 Å². The lowest BCUT2D eigenvalue weighted by molar-refractivity contribution is 0.155. The number of unbranched alkanes of at least 4 members (excludes halogenated alkanes) is 1. The van der Waals surface area contributed by atoms with Crippen LogP contribution in [0.3, 0.4) is 0 Å². The number of rotatable bonds is 6. The average molecular weight is 131 g/mol. The smallest absolute Gasteiger partial charge is 0.0498 e. The molecular weight excluding hydrogens is 116 g/mol. The number of ether oxygens (including phenoxy) is 2. The van der Waals surface area contributed by atoms with Gasteiger partial charge < -0.3 is 9.47 Å². The van der Waals surface area contributed by atoms with Crippen molar-refractivity contribution in [2.24, 2.45) is 0 Å². The molecule has 2 nitrogen and oxygen atoms in total. The lowest BCUT2D eigenvalue weighted by atomic mass is 10.3. The van der Waals surface area contributed by atoms with Crippen LogP contribution in [0.25, 0.3) is 0 Å². The summed E-state index contributed by atoms with van der Waals surface area (Å²) in [5.41, 5.74) is 0. The van der Waals surface area contributed by atoms with Gasteiger partial charge in [0.15, 0.2) is 0 Å². The van der Waals surface area contributed by atoms with E-state index >= 15 is 0 Å². The van der Waals surface area contributed by atoms with Crippen molar-refractivity contribution in [3.8, 4) is 0 Å². The van der Waals surface area contributed by atoms with E-state index in [9.17, 15) is 0 Å². The van der Waals surface area contributed by atoms with Gasteiger partial charge >= 0.3 is 0 Å². The van der Waals surface area contributed by atoms with Gasteiger partial charge in [-0.15, -0.1) is 0 Å². The number of hydrogen-bond acceptors (Lipinski definition) is 2.